The maximum Gasteiger partial charge on any atom is 0.223 e. The molecule has 86 valence electrons. The van der Waals surface area contributed by atoms with E-state index in [0.29, 0.717) is 13.2 Å². The van der Waals surface area contributed by atoms with Gasteiger partial charge in [0.2, 0.25) is 5.28 Å². The lowest BCUT2D eigenvalue weighted by atomic mass is 10.3. The summed E-state index contributed by atoms with van der Waals surface area (Å²) in [6, 6.07) is 0. The van der Waals surface area contributed by atoms with E-state index in [9.17, 15) is 0 Å². The minimum absolute atomic E-state index is 0.258. The number of fused-ring (bicyclic) bond motifs is 1. The third-order valence-electron chi connectivity index (χ3n) is 2.37. The zero-order valence-corrected chi connectivity index (χ0v) is 10.0. The van der Waals surface area contributed by atoms with Gasteiger partial charge in [-0.25, -0.2) is 9.97 Å². The van der Waals surface area contributed by atoms with Crippen LogP contribution in [0.25, 0.3) is 11.0 Å². The summed E-state index contributed by atoms with van der Waals surface area (Å²) in [7, 11) is 1.67. The zero-order chi connectivity index (χ0) is 11.5. The van der Waals surface area contributed by atoms with Crippen molar-refractivity contribution in [3.05, 3.63) is 17.2 Å². The Morgan fingerprint density at radius 3 is 3.00 bits per heavy atom. The van der Waals surface area contributed by atoms with Crippen molar-refractivity contribution in [1.82, 2.24) is 19.7 Å². The van der Waals surface area contributed by atoms with Gasteiger partial charge in [0.25, 0.3) is 0 Å². The smallest absolute Gasteiger partial charge is 0.223 e. The Balaban J connectivity index is 2.50. The zero-order valence-electron chi connectivity index (χ0n) is 9.27. The maximum absolute atomic E-state index is 5.78. The van der Waals surface area contributed by atoms with E-state index < -0.39 is 0 Å². The molecular weight excluding hydrogens is 228 g/mol. The molecule has 0 amide bonds. The minimum Gasteiger partial charge on any atom is -0.383 e. The second-order valence-corrected chi connectivity index (χ2v) is 3.73. The van der Waals surface area contributed by atoms with Gasteiger partial charge in [-0.2, -0.15) is 5.10 Å². The molecule has 2 aromatic heterocycles. The van der Waals surface area contributed by atoms with E-state index in [4.69, 9.17) is 16.3 Å². The normalized spacial score (nSPS) is 11.2. The molecule has 0 saturated heterocycles. The van der Waals surface area contributed by atoms with Gasteiger partial charge in [-0.1, -0.05) is 6.92 Å². The summed E-state index contributed by atoms with van der Waals surface area (Å²) in [6.45, 7) is 3.35. The molecule has 16 heavy (non-hydrogen) atoms. The fraction of sp³-hybridized carbons (Fsp3) is 0.500. The van der Waals surface area contributed by atoms with Crippen LogP contribution in [0.5, 0.6) is 0 Å². The summed E-state index contributed by atoms with van der Waals surface area (Å²) < 4.78 is 6.89. The molecule has 0 fully saturated rings. The van der Waals surface area contributed by atoms with Crippen molar-refractivity contribution in [3.8, 4) is 0 Å². The third kappa shape index (κ3) is 2.01. The van der Waals surface area contributed by atoms with E-state index >= 15 is 0 Å². The predicted molar refractivity (Wildman–Crippen MR) is 61.6 cm³/mol. The number of hydrogen-bond donors (Lipinski definition) is 0. The predicted octanol–water partition coefficient (Wildman–Crippen LogP) is 1.69. The van der Waals surface area contributed by atoms with Gasteiger partial charge in [0.1, 0.15) is 11.0 Å². The third-order valence-corrected chi connectivity index (χ3v) is 2.56. The SMILES string of the molecule is CCc1nn(CCOC)c2cnc(Cl)nc12. The monoisotopic (exact) mass is 240 g/mol. The molecule has 0 saturated carbocycles. The molecule has 0 aliphatic rings. The number of ether oxygens (including phenoxy) is 1. The molecule has 0 N–H and O–H groups in total. The van der Waals surface area contributed by atoms with Gasteiger partial charge in [0, 0.05) is 7.11 Å². The van der Waals surface area contributed by atoms with Crippen LogP contribution >= 0.6 is 11.6 Å². The average Bonchev–Trinajstić information content (AvgIpc) is 2.63. The Kier molecular flexibility index (Phi) is 3.36. The molecule has 0 aliphatic carbocycles. The van der Waals surface area contributed by atoms with Gasteiger partial charge in [-0.3, -0.25) is 4.68 Å². The van der Waals surface area contributed by atoms with Gasteiger partial charge in [0.15, 0.2) is 0 Å². The highest BCUT2D eigenvalue weighted by Gasteiger charge is 2.11. The molecule has 0 aromatic carbocycles. The van der Waals surface area contributed by atoms with Gasteiger partial charge < -0.3 is 4.74 Å². The Hall–Kier alpha value is -1.20. The van der Waals surface area contributed by atoms with Crippen molar-refractivity contribution < 1.29 is 4.74 Å². The van der Waals surface area contributed by atoms with E-state index in [2.05, 4.69) is 15.1 Å². The van der Waals surface area contributed by atoms with Gasteiger partial charge >= 0.3 is 0 Å². The highest BCUT2D eigenvalue weighted by atomic mass is 35.5. The van der Waals surface area contributed by atoms with Gasteiger partial charge in [-0.05, 0) is 18.0 Å². The molecule has 0 bridgehead atoms. The van der Waals surface area contributed by atoms with E-state index in [0.717, 1.165) is 23.1 Å². The summed E-state index contributed by atoms with van der Waals surface area (Å²) in [6.07, 6.45) is 2.52. The highest BCUT2D eigenvalue weighted by molar-refractivity contribution is 6.28. The molecule has 6 heteroatoms. The number of rotatable bonds is 4. The fourth-order valence-electron chi connectivity index (χ4n) is 1.59. The lowest BCUT2D eigenvalue weighted by molar-refractivity contribution is 0.184. The van der Waals surface area contributed by atoms with E-state index in [1.807, 2.05) is 11.6 Å². The number of halogens is 1. The van der Waals surface area contributed by atoms with Crippen LogP contribution in [0.3, 0.4) is 0 Å². The Labute approximate surface area is 98.4 Å². The van der Waals surface area contributed by atoms with Crippen molar-refractivity contribution >= 4 is 22.6 Å². The van der Waals surface area contributed by atoms with Crippen LogP contribution < -0.4 is 0 Å². The number of aryl methyl sites for hydroxylation is 1. The summed E-state index contributed by atoms with van der Waals surface area (Å²) in [5.41, 5.74) is 2.67. The van der Waals surface area contributed by atoms with Crippen molar-refractivity contribution in [1.29, 1.82) is 0 Å². The van der Waals surface area contributed by atoms with Crippen LogP contribution in [0, 0.1) is 0 Å². The molecular formula is C10H13ClN4O. The molecule has 2 rings (SSSR count). The Morgan fingerprint density at radius 1 is 1.50 bits per heavy atom. The van der Waals surface area contributed by atoms with Crippen molar-refractivity contribution in [2.45, 2.75) is 19.9 Å². The first kappa shape index (κ1) is 11.3. The topological polar surface area (TPSA) is 52.8 Å². The molecule has 0 atom stereocenters. The largest absolute Gasteiger partial charge is 0.383 e. The van der Waals surface area contributed by atoms with Crippen LogP contribution in [0.15, 0.2) is 6.20 Å². The van der Waals surface area contributed by atoms with E-state index in [-0.39, 0.29) is 5.28 Å². The highest BCUT2D eigenvalue weighted by Crippen LogP contribution is 2.17. The second kappa shape index (κ2) is 4.76. The van der Waals surface area contributed by atoms with Crippen LogP contribution in [-0.2, 0) is 17.7 Å². The fourth-order valence-corrected chi connectivity index (χ4v) is 1.72. The van der Waals surface area contributed by atoms with E-state index in [1.165, 1.54) is 0 Å². The molecule has 0 aliphatic heterocycles. The molecule has 5 nitrogen and oxygen atoms in total. The lowest BCUT2D eigenvalue weighted by Crippen LogP contribution is -2.06. The van der Waals surface area contributed by atoms with Gasteiger partial charge in [0.05, 0.1) is 25.0 Å². The van der Waals surface area contributed by atoms with Crippen molar-refractivity contribution in [2.75, 3.05) is 13.7 Å². The lowest BCUT2D eigenvalue weighted by Gasteiger charge is -2.00. The Bertz CT molecular complexity index is 497. The minimum atomic E-state index is 0.258. The van der Waals surface area contributed by atoms with Crippen LogP contribution in [-0.4, -0.2) is 33.5 Å². The first-order chi connectivity index (χ1) is 7.76. The summed E-state index contributed by atoms with van der Waals surface area (Å²) >= 11 is 5.78. The maximum atomic E-state index is 5.78. The van der Waals surface area contributed by atoms with Crippen LogP contribution in [0.4, 0.5) is 0 Å². The van der Waals surface area contributed by atoms with Crippen molar-refractivity contribution in [2.24, 2.45) is 0 Å². The number of nitrogens with zero attached hydrogens (tertiary/aromatic N) is 4. The first-order valence-electron chi connectivity index (χ1n) is 5.13. The molecule has 2 heterocycles. The van der Waals surface area contributed by atoms with Crippen molar-refractivity contribution in [3.63, 3.8) is 0 Å². The number of hydrogen-bond acceptors (Lipinski definition) is 4. The van der Waals surface area contributed by atoms with Crippen LogP contribution in [0.1, 0.15) is 12.6 Å². The van der Waals surface area contributed by atoms with Crippen LogP contribution in [0.2, 0.25) is 5.28 Å². The van der Waals surface area contributed by atoms with Gasteiger partial charge in [-0.15, -0.1) is 0 Å². The molecule has 0 radical (unpaired) electrons. The molecule has 0 unspecified atom stereocenters. The second-order valence-electron chi connectivity index (χ2n) is 3.39. The summed E-state index contributed by atoms with van der Waals surface area (Å²) in [5, 5.41) is 4.72. The molecule has 0 spiro atoms. The Morgan fingerprint density at radius 2 is 2.31 bits per heavy atom. The number of aromatic nitrogens is 4. The number of methoxy groups -OCH3 is 1. The standard InChI is InChI=1S/C10H13ClN4O/c1-3-7-9-8(6-12-10(11)13-9)15(14-7)4-5-16-2/h6H,3-5H2,1-2H3. The molecule has 2 aromatic rings. The average molecular weight is 241 g/mol. The quantitative estimate of drug-likeness (QED) is 0.764. The summed E-state index contributed by atoms with van der Waals surface area (Å²) in [4.78, 5) is 8.18. The van der Waals surface area contributed by atoms with E-state index in [1.54, 1.807) is 13.3 Å². The summed E-state index contributed by atoms with van der Waals surface area (Å²) in [5.74, 6) is 0. The first-order valence-corrected chi connectivity index (χ1v) is 5.51.